The zero-order chi connectivity index (χ0) is 10.7. The molecule has 2 rings (SSSR count). The van der Waals surface area contributed by atoms with Gasteiger partial charge in [0.15, 0.2) is 0 Å². The van der Waals surface area contributed by atoms with Crippen LogP contribution in [0.5, 0.6) is 0 Å². The summed E-state index contributed by atoms with van der Waals surface area (Å²) in [5, 5.41) is 3.35. The third kappa shape index (κ3) is 2.98. The molecule has 0 bridgehead atoms. The fourth-order valence-corrected chi connectivity index (χ4v) is 2.33. The van der Waals surface area contributed by atoms with Gasteiger partial charge >= 0.3 is 0 Å². The summed E-state index contributed by atoms with van der Waals surface area (Å²) >= 11 is 7.47. The maximum Gasteiger partial charge on any atom is 0.0931 e. The number of rotatable bonds is 3. The number of anilines is 1. The summed E-state index contributed by atoms with van der Waals surface area (Å²) in [6, 6.07) is 12.4. The van der Waals surface area contributed by atoms with Gasteiger partial charge in [-0.05, 0) is 31.2 Å². The van der Waals surface area contributed by atoms with Crippen LogP contribution in [0.1, 0.15) is 10.4 Å². The average molecular weight is 238 g/mol. The molecule has 1 aromatic heterocycles. The quantitative estimate of drug-likeness (QED) is 0.838. The molecule has 78 valence electrons. The van der Waals surface area contributed by atoms with E-state index in [1.165, 1.54) is 10.4 Å². The second-order valence-corrected chi connectivity index (χ2v) is 5.23. The Bertz CT molecular complexity index is 433. The van der Waals surface area contributed by atoms with E-state index in [1.54, 1.807) is 11.3 Å². The summed E-state index contributed by atoms with van der Waals surface area (Å²) in [5.74, 6) is 0. The predicted molar refractivity (Wildman–Crippen MR) is 67.8 cm³/mol. The van der Waals surface area contributed by atoms with Crippen LogP contribution in [-0.4, -0.2) is 0 Å². The lowest BCUT2D eigenvalue weighted by atomic mass is 10.2. The van der Waals surface area contributed by atoms with Gasteiger partial charge in [-0.2, -0.15) is 0 Å². The molecule has 0 spiro atoms. The van der Waals surface area contributed by atoms with Crippen molar-refractivity contribution in [3.8, 4) is 0 Å². The Morgan fingerprint density at radius 1 is 1.13 bits per heavy atom. The Morgan fingerprint density at radius 2 is 1.87 bits per heavy atom. The number of halogens is 1. The van der Waals surface area contributed by atoms with Crippen molar-refractivity contribution in [1.29, 1.82) is 0 Å². The van der Waals surface area contributed by atoms with E-state index in [0.29, 0.717) is 0 Å². The largest absolute Gasteiger partial charge is 0.380 e. The summed E-state index contributed by atoms with van der Waals surface area (Å²) in [4.78, 5) is 1.25. The molecule has 3 heteroatoms. The molecule has 0 saturated heterocycles. The predicted octanol–water partition coefficient (Wildman–Crippen LogP) is 4.32. The van der Waals surface area contributed by atoms with Crippen molar-refractivity contribution < 1.29 is 0 Å². The van der Waals surface area contributed by atoms with Crippen LogP contribution < -0.4 is 5.32 Å². The Balaban J connectivity index is 1.96. The number of aryl methyl sites for hydroxylation is 1. The molecule has 0 amide bonds. The third-order valence-corrected chi connectivity index (χ3v) is 3.38. The molecule has 1 aromatic carbocycles. The van der Waals surface area contributed by atoms with E-state index < -0.39 is 0 Å². The van der Waals surface area contributed by atoms with Gasteiger partial charge in [0.25, 0.3) is 0 Å². The van der Waals surface area contributed by atoms with Crippen molar-refractivity contribution in [2.75, 3.05) is 5.32 Å². The first kappa shape index (κ1) is 10.5. The van der Waals surface area contributed by atoms with E-state index in [1.807, 2.05) is 12.1 Å². The molecule has 0 unspecified atom stereocenters. The van der Waals surface area contributed by atoms with E-state index in [2.05, 4.69) is 36.5 Å². The van der Waals surface area contributed by atoms with Gasteiger partial charge < -0.3 is 5.32 Å². The van der Waals surface area contributed by atoms with Crippen LogP contribution in [0, 0.1) is 6.92 Å². The van der Waals surface area contributed by atoms with E-state index >= 15 is 0 Å². The van der Waals surface area contributed by atoms with Crippen molar-refractivity contribution in [3.63, 3.8) is 0 Å². The van der Waals surface area contributed by atoms with Gasteiger partial charge in [0.2, 0.25) is 0 Å². The molecule has 0 aliphatic carbocycles. The Hall–Kier alpha value is -0.990. The van der Waals surface area contributed by atoms with Crippen LogP contribution in [0.15, 0.2) is 36.4 Å². The minimum Gasteiger partial charge on any atom is -0.380 e. The van der Waals surface area contributed by atoms with Crippen molar-refractivity contribution in [2.24, 2.45) is 0 Å². The van der Waals surface area contributed by atoms with Crippen LogP contribution in [0.25, 0.3) is 0 Å². The van der Waals surface area contributed by atoms with Gasteiger partial charge in [-0.25, -0.2) is 0 Å². The highest BCUT2D eigenvalue weighted by molar-refractivity contribution is 7.16. The first-order valence-electron chi connectivity index (χ1n) is 4.79. The summed E-state index contributed by atoms with van der Waals surface area (Å²) in [6.45, 7) is 2.92. The highest BCUT2D eigenvalue weighted by Crippen LogP contribution is 2.22. The van der Waals surface area contributed by atoms with Crippen molar-refractivity contribution in [3.05, 3.63) is 51.2 Å². The fourth-order valence-electron chi connectivity index (χ4n) is 1.31. The zero-order valence-electron chi connectivity index (χ0n) is 8.46. The number of benzene rings is 1. The molecule has 2 aromatic rings. The Kier molecular flexibility index (Phi) is 3.29. The van der Waals surface area contributed by atoms with Crippen molar-refractivity contribution in [1.82, 2.24) is 0 Å². The van der Waals surface area contributed by atoms with Crippen LogP contribution in [0.4, 0.5) is 5.69 Å². The van der Waals surface area contributed by atoms with Gasteiger partial charge in [-0.3, -0.25) is 0 Å². The molecule has 0 radical (unpaired) electrons. The van der Waals surface area contributed by atoms with Crippen LogP contribution in [-0.2, 0) is 6.54 Å². The molecule has 0 aliphatic rings. The lowest BCUT2D eigenvalue weighted by Crippen LogP contribution is -1.96. The van der Waals surface area contributed by atoms with Gasteiger partial charge in [0.1, 0.15) is 0 Å². The van der Waals surface area contributed by atoms with Gasteiger partial charge in [-0.15, -0.1) is 11.3 Å². The summed E-state index contributed by atoms with van der Waals surface area (Å²) in [6.07, 6.45) is 0. The minimum absolute atomic E-state index is 0.834. The van der Waals surface area contributed by atoms with Gasteiger partial charge in [0, 0.05) is 17.1 Å². The standard InChI is InChI=1S/C12H12ClNS/c1-9-2-4-10(5-3-9)14-8-11-6-7-12(13)15-11/h2-7,14H,8H2,1H3. The maximum absolute atomic E-state index is 5.85. The average Bonchev–Trinajstić information content (AvgIpc) is 2.64. The molecule has 1 heterocycles. The van der Waals surface area contributed by atoms with Crippen molar-refractivity contribution >= 4 is 28.6 Å². The minimum atomic E-state index is 0.834. The van der Waals surface area contributed by atoms with E-state index in [9.17, 15) is 0 Å². The molecule has 1 N–H and O–H groups in total. The second-order valence-electron chi connectivity index (χ2n) is 3.43. The fraction of sp³-hybridized carbons (Fsp3) is 0.167. The number of thiophene rings is 1. The van der Waals surface area contributed by atoms with E-state index in [0.717, 1.165) is 16.6 Å². The second kappa shape index (κ2) is 4.69. The van der Waals surface area contributed by atoms with Crippen molar-refractivity contribution in [2.45, 2.75) is 13.5 Å². The molecule has 0 saturated carbocycles. The Morgan fingerprint density at radius 3 is 2.47 bits per heavy atom. The topological polar surface area (TPSA) is 12.0 Å². The van der Waals surface area contributed by atoms with Gasteiger partial charge in [0.05, 0.1) is 4.34 Å². The summed E-state index contributed by atoms with van der Waals surface area (Å²) in [7, 11) is 0. The summed E-state index contributed by atoms with van der Waals surface area (Å²) in [5.41, 5.74) is 2.42. The highest BCUT2D eigenvalue weighted by Gasteiger charge is 1.97. The molecular weight excluding hydrogens is 226 g/mol. The van der Waals surface area contributed by atoms with E-state index in [4.69, 9.17) is 11.6 Å². The zero-order valence-corrected chi connectivity index (χ0v) is 10.0. The maximum atomic E-state index is 5.85. The highest BCUT2D eigenvalue weighted by atomic mass is 35.5. The summed E-state index contributed by atoms with van der Waals surface area (Å²) < 4.78 is 0.843. The number of hydrogen-bond acceptors (Lipinski definition) is 2. The van der Waals surface area contributed by atoms with Crippen LogP contribution in [0.3, 0.4) is 0 Å². The first-order chi connectivity index (χ1) is 7.24. The lowest BCUT2D eigenvalue weighted by molar-refractivity contribution is 1.19. The van der Waals surface area contributed by atoms with Gasteiger partial charge in [-0.1, -0.05) is 29.3 Å². The smallest absolute Gasteiger partial charge is 0.0931 e. The Labute approximate surface area is 98.7 Å². The SMILES string of the molecule is Cc1ccc(NCc2ccc(Cl)s2)cc1. The van der Waals surface area contributed by atoms with Crippen LogP contribution in [0.2, 0.25) is 4.34 Å². The third-order valence-electron chi connectivity index (χ3n) is 2.15. The number of hydrogen-bond donors (Lipinski definition) is 1. The molecule has 0 fully saturated rings. The normalized spacial score (nSPS) is 10.3. The molecular formula is C12H12ClNS. The number of nitrogens with one attached hydrogen (secondary N) is 1. The lowest BCUT2D eigenvalue weighted by Gasteiger charge is -2.04. The van der Waals surface area contributed by atoms with E-state index in [-0.39, 0.29) is 0 Å². The first-order valence-corrected chi connectivity index (χ1v) is 5.98. The monoisotopic (exact) mass is 237 g/mol. The molecule has 0 aliphatic heterocycles. The van der Waals surface area contributed by atoms with Crippen LogP contribution >= 0.6 is 22.9 Å². The molecule has 0 atom stereocenters. The molecule has 15 heavy (non-hydrogen) atoms. The molecule has 1 nitrogen and oxygen atoms in total.